The molecule has 0 aliphatic heterocycles. The first-order chi connectivity index (χ1) is 6.72. The van der Waals surface area contributed by atoms with Gasteiger partial charge >= 0.3 is 0 Å². The average Bonchev–Trinajstić information content (AvgIpc) is 2.64. The van der Waals surface area contributed by atoms with Gasteiger partial charge in [-0.05, 0) is 41.3 Å². The lowest BCUT2D eigenvalue weighted by Crippen LogP contribution is -2.29. The van der Waals surface area contributed by atoms with Gasteiger partial charge in [0, 0.05) is 6.04 Å². The van der Waals surface area contributed by atoms with Gasteiger partial charge in [0.2, 0.25) is 0 Å². The van der Waals surface area contributed by atoms with Crippen molar-refractivity contribution in [3.63, 3.8) is 0 Å². The molecule has 0 aliphatic carbocycles. The van der Waals surface area contributed by atoms with Gasteiger partial charge in [-0.1, -0.05) is 27.2 Å². The van der Waals surface area contributed by atoms with Gasteiger partial charge in [-0.15, -0.1) is 0 Å². The molecule has 0 aliphatic rings. The maximum Gasteiger partial charge on any atom is 0.00104 e. The highest BCUT2D eigenvalue weighted by Gasteiger charge is 2.07. The van der Waals surface area contributed by atoms with Crippen LogP contribution < -0.4 is 5.32 Å². The van der Waals surface area contributed by atoms with Crippen molar-refractivity contribution in [3.8, 4) is 0 Å². The Labute approximate surface area is 91.5 Å². The molecular weight excluding hydrogens is 190 g/mol. The topological polar surface area (TPSA) is 12.0 Å². The molecule has 0 saturated carbocycles. The first kappa shape index (κ1) is 11.7. The molecule has 1 heterocycles. The molecule has 14 heavy (non-hydrogen) atoms. The Morgan fingerprint density at radius 3 is 2.71 bits per heavy atom. The molecule has 0 saturated heterocycles. The fourth-order valence-corrected chi connectivity index (χ4v) is 2.19. The Balaban J connectivity index is 2.32. The molecule has 1 N–H and O–H groups in total. The van der Waals surface area contributed by atoms with E-state index in [9.17, 15) is 0 Å². The van der Waals surface area contributed by atoms with E-state index < -0.39 is 0 Å². The molecule has 0 radical (unpaired) electrons. The summed E-state index contributed by atoms with van der Waals surface area (Å²) < 4.78 is 0. The molecule has 1 nitrogen and oxygen atoms in total. The van der Waals surface area contributed by atoms with Crippen molar-refractivity contribution >= 4 is 11.3 Å². The van der Waals surface area contributed by atoms with Crippen molar-refractivity contribution in [2.45, 2.75) is 39.7 Å². The maximum atomic E-state index is 3.51. The van der Waals surface area contributed by atoms with Crippen molar-refractivity contribution in [2.24, 2.45) is 5.92 Å². The second-order valence-electron chi connectivity index (χ2n) is 4.17. The van der Waals surface area contributed by atoms with Crippen LogP contribution in [-0.4, -0.2) is 12.6 Å². The zero-order valence-corrected chi connectivity index (χ0v) is 10.2. The van der Waals surface area contributed by atoms with E-state index in [2.05, 4.69) is 42.9 Å². The fourth-order valence-electron chi connectivity index (χ4n) is 1.51. The van der Waals surface area contributed by atoms with Crippen LogP contribution in [0.25, 0.3) is 0 Å². The van der Waals surface area contributed by atoms with Gasteiger partial charge in [-0.25, -0.2) is 0 Å². The third-order valence-corrected chi connectivity index (χ3v) is 3.23. The summed E-state index contributed by atoms with van der Waals surface area (Å²) in [5.74, 6) is 0.784. The molecule has 0 fully saturated rings. The zero-order chi connectivity index (χ0) is 10.4. The smallest absolute Gasteiger partial charge is 0.00104 e. The molecule has 1 unspecified atom stereocenters. The molecule has 1 aromatic rings. The SMILES string of the molecule is CCC(CNC(C)C)Cc1ccsc1. The van der Waals surface area contributed by atoms with E-state index in [1.54, 1.807) is 11.3 Å². The molecule has 1 aromatic heterocycles. The van der Waals surface area contributed by atoms with E-state index in [1.807, 2.05) is 0 Å². The number of rotatable bonds is 6. The highest BCUT2D eigenvalue weighted by molar-refractivity contribution is 7.07. The van der Waals surface area contributed by atoms with Gasteiger partial charge in [0.05, 0.1) is 0 Å². The van der Waals surface area contributed by atoms with Crippen molar-refractivity contribution in [1.82, 2.24) is 5.32 Å². The molecule has 0 aromatic carbocycles. The van der Waals surface area contributed by atoms with Gasteiger partial charge in [-0.2, -0.15) is 11.3 Å². The lowest BCUT2D eigenvalue weighted by atomic mass is 9.98. The van der Waals surface area contributed by atoms with E-state index >= 15 is 0 Å². The third-order valence-electron chi connectivity index (χ3n) is 2.50. The predicted octanol–water partition coefficient (Wildman–Crippen LogP) is 3.31. The van der Waals surface area contributed by atoms with Crippen LogP contribution >= 0.6 is 11.3 Å². The summed E-state index contributed by atoms with van der Waals surface area (Å²) in [5, 5.41) is 7.94. The minimum atomic E-state index is 0.603. The van der Waals surface area contributed by atoms with Crippen molar-refractivity contribution < 1.29 is 0 Å². The second kappa shape index (κ2) is 6.20. The summed E-state index contributed by atoms with van der Waals surface area (Å²) in [6.45, 7) is 7.83. The van der Waals surface area contributed by atoms with E-state index in [4.69, 9.17) is 0 Å². The first-order valence-corrected chi connectivity index (χ1v) is 6.41. The average molecular weight is 211 g/mol. The molecular formula is C12H21NS. The monoisotopic (exact) mass is 211 g/mol. The van der Waals surface area contributed by atoms with E-state index in [1.165, 1.54) is 18.4 Å². The minimum Gasteiger partial charge on any atom is -0.314 e. The second-order valence-corrected chi connectivity index (χ2v) is 4.95. The molecule has 0 spiro atoms. The summed E-state index contributed by atoms with van der Waals surface area (Å²) in [7, 11) is 0. The zero-order valence-electron chi connectivity index (χ0n) is 9.42. The summed E-state index contributed by atoms with van der Waals surface area (Å²) in [5.41, 5.74) is 1.49. The van der Waals surface area contributed by atoms with Crippen LogP contribution in [0.1, 0.15) is 32.8 Å². The third kappa shape index (κ3) is 4.25. The Morgan fingerprint density at radius 2 is 2.21 bits per heavy atom. The molecule has 1 rings (SSSR count). The highest BCUT2D eigenvalue weighted by Crippen LogP contribution is 2.14. The Bertz CT molecular complexity index is 228. The standard InChI is InChI=1S/C12H21NS/c1-4-11(8-13-10(2)3)7-12-5-6-14-9-12/h5-6,9-11,13H,4,7-8H2,1-3H3. The number of nitrogens with one attached hydrogen (secondary N) is 1. The molecule has 1 atom stereocenters. The fraction of sp³-hybridized carbons (Fsp3) is 0.667. The van der Waals surface area contributed by atoms with Gasteiger partial charge in [-0.3, -0.25) is 0 Å². The molecule has 0 bridgehead atoms. The quantitative estimate of drug-likeness (QED) is 0.761. The normalized spacial score (nSPS) is 13.4. The van der Waals surface area contributed by atoms with Gasteiger partial charge < -0.3 is 5.32 Å². The Kier molecular flexibility index (Phi) is 5.20. The van der Waals surface area contributed by atoms with E-state index in [0.29, 0.717) is 6.04 Å². The number of hydrogen-bond donors (Lipinski definition) is 1. The van der Waals surface area contributed by atoms with Crippen LogP contribution in [0.2, 0.25) is 0 Å². The number of hydrogen-bond acceptors (Lipinski definition) is 2. The Morgan fingerprint density at radius 1 is 1.43 bits per heavy atom. The molecule has 80 valence electrons. The summed E-state index contributed by atoms with van der Waals surface area (Å²) >= 11 is 1.80. The van der Waals surface area contributed by atoms with Gasteiger partial charge in [0.15, 0.2) is 0 Å². The van der Waals surface area contributed by atoms with E-state index in [0.717, 1.165) is 12.5 Å². The lowest BCUT2D eigenvalue weighted by molar-refractivity contribution is 0.436. The van der Waals surface area contributed by atoms with Crippen molar-refractivity contribution in [1.29, 1.82) is 0 Å². The number of thiophene rings is 1. The van der Waals surface area contributed by atoms with Gasteiger partial charge in [0.25, 0.3) is 0 Å². The summed E-state index contributed by atoms with van der Waals surface area (Å²) in [6.07, 6.45) is 2.48. The highest BCUT2D eigenvalue weighted by atomic mass is 32.1. The van der Waals surface area contributed by atoms with Crippen LogP contribution in [0.5, 0.6) is 0 Å². The van der Waals surface area contributed by atoms with E-state index in [-0.39, 0.29) is 0 Å². The first-order valence-electron chi connectivity index (χ1n) is 5.46. The van der Waals surface area contributed by atoms with Gasteiger partial charge in [0.1, 0.15) is 0 Å². The lowest BCUT2D eigenvalue weighted by Gasteiger charge is -2.16. The Hall–Kier alpha value is -0.340. The largest absolute Gasteiger partial charge is 0.314 e. The van der Waals surface area contributed by atoms with Crippen molar-refractivity contribution in [3.05, 3.63) is 22.4 Å². The summed E-state index contributed by atoms with van der Waals surface area (Å²) in [4.78, 5) is 0. The van der Waals surface area contributed by atoms with Crippen LogP contribution in [-0.2, 0) is 6.42 Å². The van der Waals surface area contributed by atoms with Crippen LogP contribution in [0, 0.1) is 5.92 Å². The van der Waals surface area contributed by atoms with Crippen molar-refractivity contribution in [2.75, 3.05) is 6.54 Å². The maximum absolute atomic E-state index is 3.51. The molecule has 2 heteroatoms. The van der Waals surface area contributed by atoms with Crippen LogP contribution in [0.4, 0.5) is 0 Å². The minimum absolute atomic E-state index is 0.603. The molecule has 0 amide bonds. The summed E-state index contributed by atoms with van der Waals surface area (Å²) in [6, 6.07) is 2.84. The van der Waals surface area contributed by atoms with Crippen LogP contribution in [0.3, 0.4) is 0 Å². The van der Waals surface area contributed by atoms with Crippen LogP contribution in [0.15, 0.2) is 16.8 Å². The predicted molar refractivity (Wildman–Crippen MR) is 64.9 cm³/mol.